The third-order valence-corrected chi connectivity index (χ3v) is 4.82. The van der Waals surface area contributed by atoms with Crippen LogP contribution >= 0.6 is 0 Å². The second-order valence-corrected chi connectivity index (χ2v) is 6.70. The van der Waals surface area contributed by atoms with E-state index in [2.05, 4.69) is 39.2 Å². The topological polar surface area (TPSA) is 59.3 Å². The molecule has 0 saturated heterocycles. The van der Waals surface area contributed by atoms with Gasteiger partial charge in [0.1, 0.15) is 12.4 Å². The van der Waals surface area contributed by atoms with Crippen LogP contribution in [0.25, 0.3) is 33.9 Å². The molecule has 0 aromatic carbocycles. The Bertz CT molecular complexity index is 1160. The Morgan fingerprint density at radius 2 is 0.800 bits per heavy atom. The summed E-state index contributed by atoms with van der Waals surface area (Å²) in [6, 6.07) is 16.2. The van der Waals surface area contributed by atoms with E-state index in [9.17, 15) is 0 Å². The lowest BCUT2D eigenvalue weighted by molar-refractivity contribution is -0.612. The lowest BCUT2D eigenvalue weighted by Crippen LogP contribution is -2.35. The monoisotopic (exact) mass is 390 g/mol. The number of hydrogen-bond acceptors (Lipinski definition) is 4. The SMILES string of the molecule is c1cc(-c2cc[n+](-c3cncc(-[n+]4ccc(-c5ccncc5)cc4)n3)cc2)ccn1. The number of pyridine rings is 4. The quantitative estimate of drug-likeness (QED) is 0.442. The van der Waals surface area contributed by atoms with Gasteiger partial charge in [0.25, 0.3) is 0 Å². The molecule has 0 N–H and O–H groups in total. The number of aromatic nitrogens is 6. The predicted molar refractivity (Wildman–Crippen MR) is 112 cm³/mol. The molecule has 0 atom stereocenters. The number of hydrogen-bond donors (Lipinski definition) is 0. The highest BCUT2D eigenvalue weighted by Crippen LogP contribution is 2.17. The summed E-state index contributed by atoms with van der Waals surface area (Å²) in [4.78, 5) is 17.3. The smallest absolute Gasteiger partial charge is 0.265 e. The van der Waals surface area contributed by atoms with Gasteiger partial charge in [-0.1, -0.05) is 0 Å². The van der Waals surface area contributed by atoms with Crippen LogP contribution in [-0.4, -0.2) is 19.9 Å². The highest BCUT2D eigenvalue weighted by atomic mass is 15.1. The van der Waals surface area contributed by atoms with E-state index in [4.69, 9.17) is 4.98 Å². The lowest BCUT2D eigenvalue weighted by Gasteiger charge is -2.03. The van der Waals surface area contributed by atoms with Crippen molar-refractivity contribution in [2.75, 3.05) is 0 Å². The van der Waals surface area contributed by atoms with Crippen LogP contribution in [0.3, 0.4) is 0 Å². The van der Waals surface area contributed by atoms with Crippen LogP contribution < -0.4 is 9.13 Å². The molecular weight excluding hydrogens is 372 g/mol. The van der Waals surface area contributed by atoms with Crippen LogP contribution in [0.1, 0.15) is 0 Å². The van der Waals surface area contributed by atoms with Crippen molar-refractivity contribution < 1.29 is 9.13 Å². The minimum absolute atomic E-state index is 0.750. The summed E-state index contributed by atoms with van der Waals surface area (Å²) in [5, 5.41) is 0. The maximum absolute atomic E-state index is 4.76. The molecule has 0 saturated carbocycles. The number of rotatable bonds is 4. The van der Waals surface area contributed by atoms with Gasteiger partial charge in [0.15, 0.2) is 0 Å². The van der Waals surface area contributed by atoms with Gasteiger partial charge in [-0.25, -0.2) is 14.1 Å². The molecule has 0 fully saturated rings. The summed E-state index contributed by atoms with van der Waals surface area (Å²) in [6.45, 7) is 0. The van der Waals surface area contributed by atoms with Crippen molar-refractivity contribution in [1.82, 2.24) is 19.9 Å². The third kappa shape index (κ3) is 3.66. The molecule has 6 nitrogen and oxygen atoms in total. The minimum Gasteiger partial charge on any atom is -0.265 e. The van der Waals surface area contributed by atoms with E-state index in [1.54, 1.807) is 37.2 Å². The molecule has 0 aliphatic carbocycles. The first kappa shape index (κ1) is 17.8. The van der Waals surface area contributed by atoms with Gasteiger partial charge in [0, 0.05) is 29.8 Å². The van der Waals surface area contributed by atoms with Crippen molar-refractivity contribution in [3.05, 3.63) is 110 Å². The number of nitrogens with zero attached hydrogens (tertiary/aromatic N) is 6. The van der Waals surface area contributed by atoms with Gasteiger partial charge in [0.2, 0.25) is 0 Å². The summed E-state index contributed by atoms with van der Waals surface area (Å²) in [5.74, 6) is 1.50. The predicted octanol–water partition coefficient (Wildman–Crippen LogP) is 3.15. The molecule has 0 spiro atoms. The minimum atomic E-state index is 0.750. The van der Waals surface area contributed by atoms with E-state index in [0.717, 1.165) is 33.9 Å². The van der Waals surface area contributed by atoms with Gasteiger partial charge >= 0.3 is 11.6 Å². The van der Waals surface area contributed by atoms with Crippen LogP contribution in [0, 0.1) is 0 Å². The van der Waals surface area contributed by atoms with Gasteiger partial charge in [0.05, 0.1) is 24.8 Å². The van der Waals surface area contributed by atoms with Crippen LogP contribution in [0.2, 0.25) is 0 Å². The van der Waals surface area contributed by atoms with Crippen molar-refractivity contribution in [3.63, 3.8) is 0 Å². The molecular formula is C24H18N6+2. The van der Waals surface area contributed by atoms with E-state index in [1.807, 2.05) is 58.2 Å². The van der Waals surface area contributed by atoms with E-state index < -0.39 is 0 Å². The van der Waals surface area contributed by atoms with E-state index in [1.165, 1.54) is 0 Å². The van der Waals surface area contributed by atoms with Crippen LogP contribution in [-0.2, 0) is 0 Å². The molecule has 6 heteroatoms. The fourth-order valence-electron chi connectivity index (χ4n) is 3.23. The van der Waals surface area contributed by atoms with Crippen molar-refractivity contribution in [2.24, 2.45) is 0 Å². The highest BCUT2D eigenvalue weighted by Gasteiger charge is 2.15. The zero-order valence-corrected chi connectivity index (χ0v) is 16.1. The van der Waals surface area contributed by atoms with Crippen molar-refractivity contribution in [3.8, 4) is 33.9 Å². The molecule has 0 bridgehead atoms. The van der Waals surface area contributed by atoms with Crippen molar-refractivity contribution >= 4 is 0 Å². The molecule has 5 rings (SSSR count). The fraction of sp³-hybridized carbons (Fsp3) is 0. The molecule has 5 aromatic heterocycles. The van der Waals surface area contributed by atoms with Gasteiger partial charge in [-0.05, 0) is 70.8 Å². The van der Waals surface area contributed by atoms with E-state index in [0.29, 0.717) is 0 Å². The second-order valence-electron chi connectivity index (χ2n) is 6.70. The summed E-state index contributed by atoms with van der Waals surface area (Å²) < 4.78 is 3.90. The third-order valence-electron chi connectivity index (χ3n) is 4.82. The first-order valence-corrected chi connectivity index (χ1v) is 9.53. The van der Waals surface area contributed by atoms with Crippen molar-refractivity contribution in [2.45, 2.75) is 0 Å². The van der Waals surface area contributed by atoms with Gasteiger partial charge in [-0.15, -0.1) is 0 Å². The molecule has 0 amide bonds. The molecule has 0 aliphatic rings. The van der Waals surface area contributed by atoms with E-state index in [-0.39, 0.29) is 0 Å². The largest absolute Gasteiger partial charge is 0.351 e. The Morgan fingerprint density at radius 3 is 1.20 bits per heavy atom. The molecule has 5 aromatic rings. The Hall–Kier alpha value is -4.32. The molecule has 5 heterocycles. The zero-order chi connectivity index (χ0) is 20.2. The van der Waals surface area contributed by atoms with Gasteiger partial charge < -0.3 is 0 Å². The van der Waals surface area contributed by atoms with Crippen LogP contribution in [0.5, 0.6) is 0 Å². The molecule has 30 heavy (non-hydrogen) atoms. The summed E-state index contributed by atoms with van der Waals surface area (Å²) in [6.07, 6.45) is 18.6. The first-order valence-electron chi connectivity index (χ1n) is 9.53. The van der Waals surface area contributed by atoms with E-state index >= 15 is 0 Å². The Kier molecular flexibility index (Phi) is 4.72. The Balaban J connectivity index is 1.42. The van der Waals surface area contributed by atoms with Gasteiger partial charge in [-0.3, -0.25) is 9.97 Å². The maximum atomic E-state index is 4.76. The molecule has 0 radical (unpaired) electrons. The summed E-state index contributed by atoms with van der Waals surface area (Å²) in [5.41, 5.74) is 4.50. The lowest BCUT2D eigenvalue weighted by atomic mass is 10.1. The first-order chi connectivity index (χ1) is 14.9. The summed E-state index contributed by atoms with van der Waals surface area (Å²) >= 11 is 0. The second kappa shape index (κ2) is 7.97. The molecule has 0 aliphatic heterocycles. The molecule has 142 valence electrons. The Morgan fingerprint density at radius 1 is 0.433 bits per heavy atom. The average Bonchev–Trinajstić information content (AvgIpc) is 2.85. The average molecular weight is 390 g/mol. The fourth-order valence-corrected chi connectivity index (χ4v) is 3.23. The highest BCUT2D eigenvalue weighted by molar-refractivity contribution is 5.62. The van der Waals surface area contributed by atoms with Crippen LogP contribution in [0.4, 0.5) is 0 Å². The maximum Gasteiger partial charge on any atom is 0.351 e. The summed E-state index contributed by atoms with van der Waals surface area (Å²) in [7, 11) is 0. The molecule has 0 unspecified atom stereocenters. The Labute approximate surface area is 173 Å². The van der Waals surface area contributed by atoms with Crippen molar-refractivity contribution in [1.29, 1.82) is 0 Å². The standard InChI is InChI=1S/C24H18N6/c1-9-25-10-2-19(1)21-5-13-29(14-6-21)23-17-27-18-24(28-23)30-15-7-22(8-16-30)20-3-11-26-12-4-20/h1-18H/q+2. The normalized spacial score (nSPS) is 10.7. The van der Waals surface area contributed by atoms with Crippen LogP contribution in [0.15, 0.2) is 110 Å². The zero-order valence-electron chi connectivity index (χ0n) is 16.1. The van der Waals surface area contributed by atoms with Gasteiger partial charge in [-0.2, -0.15) is 0 Å².